The molecule has 0 aliphatic carbocycles. The number of piperidine rings is 3. The second kappa shape index (κ2) is 5.98. The first-order valence-electron chi connectivity index (χ1n) is 8.57. The highest BCUT2D eigenvalue weighted by Crippen LogP contribution is 2.35. The van der Waals surface area contributed by atoms with Crippen molar-refractivity contribution in [2.45, 2.75) is 25.3 Å². The zero-order valence-corrected chi connectivity index (χ0v) is 13.9. The molecule has 5 rings (SSSR count). The number of hydrogen-bond acceptors (Lipinski definition) is 4. The van der Waals surface area contributed by atoms with Gasteiger partial charge in [-0.3, -0.25) is 4.79 Å². The lowest BCUT2D eigenvalue weighted by Crippen LogP contribution is -2.65. The highest BCUT2D eigenvalue weighted by Gasteiger charge is 2.44. The van der Waals surface area contributed by atoms with E-state index >= 15 is 0 Å². The molecule has 3 aliphatic heterocycles. The van der Waals surface area contributed by atoms with Crippen LogP contribution in [0.3, 0.4) is 0 Å². The summed E-state index contributed by atoms with van der Waals surface area (Å²) in [4.78, 5) is 24.0. The van der Waals surface area contributed by atoms with Crippen molar-refractivity contribution >= 4 is 5.91 Å². The van der Waals surface area contributed by atoms with E-state index in [1.54, 1.807) is 12.3 Å². The highest BCUT2D eigenvalue weighted by molar-refractivity contribution is 5.93. The fraction of sp³-hybridized carbons (Fsp3) is 0.421. The molecule has 5 heteroatoms. The van der Waals surface area contributed by atoms with Crippen LogP contribution in [-0.2, 0) is 0 Å². The Morgan fingerprint density at radius 1 is 1.21 bits per heavy atom. The number of rotatable bonds is 3. The Labute approximate surface area is 142 Å². The fourth-order valence-corrected chi connectivity index (χ4v) is 4.00. The molecule has 1 unspecified atom stereocenters. The number of carbonyl (C=O) groups excluding carboxylic acids is 1. The Kier molecular flexibility index (Phi) is 3.81. The average molecular weight is 322 g/mol. The summed E-state index contributed by atoms with van der Waals surface area (Å²) in [6, 6.07) is 11.4. The zero-order chi connectivity index (χ0) is 16.6. The van der Waals surface area contributed by atoms with Gasteiger partial charge in [0.25, 0.3) is 5.91 Å². The molecule has 3 saturated heterocycles. The minimum absolute atomic E-state index is 0.106. The Balaban J connectivity index is 1.55. The molecule has 0 spiro atoms. The van der Waals surface area contributed by atoms with Crippen LogP contribution < -0.4 is 5.32 Å². The van der Waals surface area contributed by atoms with E-state index in [2.05, 4.69) is 27.1 Å². The van der Waals surface area contributed by atoms with E-state index in [9.17, 15) is 4.79 Å². The summed E-state index contributed by atoms with van der Waals surface area (Å²) in [6.45, 7) is 5.41. The van der Waals surface area contributed by atoms with Crippen molar-refractivity contribution in [3.8, 4) is 11.4 Å². The molecular weight excluding hydrogens is 300 g/mol. The van der Waals surface area contributed by atoms with Crippen LogP contribution >= 0.6 is 0 Å². The fourth-order valence-electron chi connectivity index (χ4n) is 4.00. The van der Waals surface area contributed by atoms with E-state index in [4.69, 9.17) is 0 Å². The number of carbonyl (C=O) groups is 1. The molecular formula is C19H22N4O. The molecule has 5 nitrogen and oxygen atoms in total. The van der Waals surface area contributed by atoms with Gasteiger partial charge in [0.15, 0.2) is 5.82 Å². The molecule has 1 amide bonds. The predicted molar refractivity (Wildman–Crippen MR) is 92.5 cm³/mol. The lowest BCUT2D eigenvalue weighted by molar-refractivity contribution is 0.0166. The van der Waals surface area contributed by atoms with Crippen LogP contribution in [-0.4, -0.2) is 45.9 Å². The number of benzene rings is 1. The number of amides is 1. The van der Waals surface area contributed by atoms with Crippen molar-refractivity contribution in [1.82, 2.24) is 20.2 Å². The summed E-state index contributed by atoms with van der Waals surface area (Å²) < 4.78 is 0. The normalized spacial score (nSPS) is 28.5. The number of nitrogens with one attached hydrogen (secondary N) is 1. The minimum Gasteiger partial charge on any atom is -0.344 e. The maximum Gasteiger partial charge on any atom is 0.270 e. The van der Waals surface area contributed by atoms with E-state index in [-0.39, 0.29) is 11.4 Å². The van der Waals surface area contributed by atoms with Crippen LogP contribution in [0.15, 0.2) is 42.6 Å². The molecule has 1 N–H and O–H groups in total. The third-order valence-electron chi connectivity index (χ3n) is 5.36. The maximum atomic E-state index is 12.8. The molecule has 24 heavy (non-hydrogen) atoms. The third kappa shape index (κ3) is 2.80. The Morgan fingerprint density at radius 2 is 1.96 bits per heavy atom. The first-order chi connectivity index (χ1) is 11.6. The molecule has 1 aromatic carbocycles. The van der Waals surface area contributed by atoms with Crippen LogP contribution in [0, 0.1) is 5.92 Å². The lowest BCUT2D eigenvalue weighted by atomic mass is 9.74. The smallest absolute Gasteiger partial charge is 0.270 e. The molecule has 0 saturated carbocycles. The zero-order valence-electron chi connectivity index (χ0n) is 13.9. The summed E-state index contributed by atoms with van der Waals surface area (Å²) >= 11 is 0. The van der Waals surface area contributed by atoms with Crippen molar-refractivity contribution in [2.24, 2.45) is 5.92 Å². The predicted octanol–water partition coefficient (Wildman–Crippen LogP) is 2.36. The van der Waals surface area contributed by atoms with Crippen LogP contribution in [0.25, 0.3) is 11.4 Å². The van der Waals surface area contributed by atoms with Crippen molar-refractivity contribution in [1.29, 1.82) is 0 Å². The highest BCUT2D eigenvalue weighted by atomic mass is 16.2. The van der Waals surface area contributed by atoms with Crippen LogP contribution in [0.5, 0.6) is 0 Å². The number of aromatic nitrogens is 2. The molecule has 2 aromatic rings. The maximum absolute atomic E-state index is 12.8. The largest absolute Gasteiger partial charge is 0.344 e. The molecule has 3 aliphatic rings. The Hall–Kier alpha value is -2.27. The molecule has 1 atom stereocenters. The molecule has 124 valence electrons. The molecule has 2 bridgehead atoms. The van der Waals surface area contributed by atoms with Gasteiger partial charge in [-0.2, -0.15) is 0 Å². The number of fused-ring (bicyclic) bond motifs is 3. The summed E-state index contributed by atoms with van der Waals surface area (Å²) in [5, 5.41) is 3.25. The molecule has 4 heterocycles. The van der Waals surface area contributed by atoms with Gasteiger partial charge in [0.05, 0.1) is 5.54 Å². The third-order valence-corrected chi connectivity index (χ3v) is 5.36. The van der Waals surface area contributed by atoms with E-state index in [0.717, 1.165) is 38.0 Å². The summed E-state index contributed by atoms with van der Waals surface area (Å²) in [7, 11) is 0. The number of nitrogens with zero attached hydrogens (tertiary/aromatic N) is 3. The van der Waals surface area contributed by atoms with Crippen LogP contribution in [0.4, 0.5) is 0 Å². The summed E-state index contributed by atoms with van der Waals surface area (Å²) in [6.07, 6.45) is 3.98. The van der Waals surface area contributed by atoms with Gasteiger partial charge in [0, 0.05) is 18.3 Å². The van der Waals surface area contributed by atoms with Gasteiger partial charge in [-0.05, 0) is 44.8 Å². The van der Waals surface area contributed by atoms with Crippen molar-refractivity contribution in [3.63, 3.8) is 0 Å². The van der Waals surface area contributed by atoms with Crippen molar-refractivity contribution in [3.05, 3.63) is 48.3 Å². The number of hydrogen-bond donors (Lipinski definition) is 1. The first-order valence-corrected chi connectivity index (χ1v) is 8.57. The SMILES string of the molecule is CC1(NC(=O)c2ccnc(-c3ccccc3)n2)CN2CCC1CC2. The van der Waals surface area contributed by atoms with Crippen LogP contribution in [0.2, 0.25) is 0 Å². The molecule has 0 radical (unpaired) electrons. The van der Waals surface area contributed by atoms with Crippen LogP contribution in [0.1, 0.15) is 30.3 Å². The quantitative estimate of drug-likeness (QED) is 0.942. The van der Waals surface area contributed by atoms with Gasteiger partial charge in [-0.25, -0.2) is 9.97 Å². The van der Waals surface area contributed by atoms with E-state index in [1.165, 1.54) is 0 Å². The van der Waals surface area contributed by atoms with E-state index < -0.39 is 0 Å². The first kappa shape index (κ1) is 15.3. The molecule has 1 aromatic heterocycles. The summed E-state index contributed by atoms with van der Waals surface area (Å²) in [5.74, 6) is 1.04. The average Bonchev–Trinajstić information content (AvgIpc) is 2.63. The van der Waals surface area contributed by atoms with Gasteiger partial charge >= 0.3 is 0 Å². The Morgan fingerprint density at radius 3 is 2.62 bits per heavy atom. The van der Waals surface area contributed by atoms with Crippen molar-refractivity contribution in [2.75, 3.05) is 19.6 Å². The Bertz CT molecular complexity index is 740. The van der Waals surface area contributed by atoms with Gasteiger partial charge in [-0.1, -0.05) is 30.3 Å². The standard InChI is InChI=1S/C19H22N4O/c1-19(13-23-11-8-15(19)9-12-23)22-18(24)16-7-10-20-17(21-16)14-5-3-2-4-6-14/h2-7,10,15H,8-9,11-13H2,1H3,(H,22,24). The topological polar surface area (TPSA) is 58.1 Å². The van der Waals surface area contributed by atoms with Crippen molar-refractivity contribution < 1.29 is 4.79 Å². The van der Waals surface area contributed by atoms with Gasteiger partial charge in [0.2, 0.25) is 0 Å². The van der Waals surface area contributed by atoms with Gasteiger partial charge in [0.1, 0.15) is 5.69 Å². The molecule has 3 fully saturated rings. The monoisotopic (exact) mass is 322 g/mol. The van der Waals surface area contributed by atoms with Gasteiger partial charge < -0.3 is 10.2 Å². The van der Waals surface area contributed by atoms with Gasteiger partial charge in [-0.15, -0.1) is 0 Å². The summed E-state index contributed by atoms with van der Waals surface area (Å²) in [5.41, 5.74) is 1.19. The lowest BCUT2D eigenvalue weighted by Gasteiger charge is -2.51. The van der Waals surface area contributed by atoms with E-state index in [1.807, 2.05) is 30.3 Å². The minimum atomic E-state index is -0.161. The second-order valence-corrected chi connectivity index (χ2v) is 7.05. The van der Waals surface area contributed by atoms with E-state index in [0.29, 0.717) is 17.4 Å². The second-order valence-electron chi connectivity index (χ2n) is 7.05.